The van der Waals surface area contributed by atoms with E-state index in [1.807, 2.05) is 0 Å². The van der Waals surface area contributed by atoms with Gasteiger partial charge < -0.3 is 9.88 Å². The van der Waals surface area contributed by atoms with E-state index < -0.39 is 0 Å². The Labute approximate surface area is 85.5 Å². The average Bonchev–Trinajstić information content (AvgIpc) is 2.74. The van der Waals surface area contributed by atoms with Crippen LogP contribution in [-0.4, -0.2) is 16.1 Å². The maximum atomic E-state index is 4.50. The average molecular weight is 193 g/mol. The van der Waals surface area contributed by atoms with Crippen molar-refractivity contribution in [2.45, 2.75) is 39.7 Å². The molecule has 0 spiro atoms. The van der Waals surface area contributed by atoms with Crippen molar-refractivity contribution in [1.29, 1.82) is 0 Å². The molecule has 1 aromatic heterocycles. The Hall–Kier alpha value is -0.990. The Morgan fingerprint density at radius 1 is 1.64 bits per heavy atom. The van der Waals surface area contributed by atoms with Gasteiger partial charge in [-0.25, -0.2) is 4.98 Å². The van der Waals surface area contributed by atoms with Crippen LogP contribution in [0.5, 0.6) is 0 Å². The highest BCUT2D eigenvalue weighted by Crippen LogP contribution is 2.44. The number of imidazole rings is 1. The molecule has 1 fully saturated rings. The Kier molecular flexibility index (Phi) is 2.48. The summed E-state index contributed by atoms with van der Waals surface area (Å²) in [5, 5.41) is 3.38. The Bertz CT molecular complexity index is 316. The summed E-state index contributed by atoms with van der Waals surface area (Å²) in [6, 6.07) is 0.690. The van der Waals surface area contributed by atoms with Gasteiger partial charge in [-0.2, -0.15) is 0 Å². The maximum absolute atomic E-state index is 4.50. The van der Waals surface area contributed by atoms with Crippen LogP contribution in [0, 0.1) is 12.8 Å². The predicted octanol–water partition coefficient (Wildman–Crippen LogP) is 2.59. The fraction of sp³-hybridized carbons (Fsp3) is 0.727. The molecule has 0 aromatic carbocycles. The van der Waals surface area contributed by atoms with Gasteiger partial charge in [-0.3, -0.25) is 0 Å². The zero-order valence-electron chi connectivity index (χ0n) is 9.25. The van der Waals surface area contributed by atoms with Crippen molar-refractivity contribution >= 4 is 5.95 Å². The summed E-state index contributed by atoms with van der Waals surface area (Å²) in [7, 11) is 0. The second kappa shape index (κ2) is 3.64. The van der Waals surface area contributed by atoms with Crippen molar-refractivity contribution in [3.8, 4) is 0 Å². The van der Waals surface area contributed by atoms with Crippen LogP contribution in [0.3, 0.4) is 0 Å². The lowest BCUT2D eigenvalue weighted by molar-refractivity contribution is 0.687. The third-order valence-corrected chi connectivity index (χ3v) is 2.81. The van der Waals surface area contributed by atoms with Gasteiger partial charge in [0, 0.05) is 18.8 Å². The number of nitrogens with one attached hydrogen (secondary N) is 1. The number of nitrogens with zero attached hydrogens (tertiary/aromatic N) is 2. The van der Waals surface area contributed by atoms with E-state index in [1.54, 1.807) is 0 Å². The van der Waals surface area contributed by atoms with Gasteiger partial charge in [0.25, 0.3) is 0 Å². The second-order valence-electron chi connectivity index (χ2n) is 4.32. The normalized spacial score (nSPS) is 25.1. The van der Waals surface area contributed by atoms with E-state index in [2.05, 4.69) is 41.8 Å². The molecule has 0 aliphatic heterocycles. The third kappa shape index (κ3) is 1.76. The van der Waals surface area contributed by atoms with Gasteiger partial charge >= 0.3 is 0 Å². The molecule has 78 valence electrons. The van der Waals surface area contributed by atoms with Crippen molar-refractivity contribution in [2.75, 3.05) is 11.9 Å². The molecule has 1 aromatic rings. The van der Waals surface area contributed by atoms with Crippen molar-refractivity contribution in [1.82, 2.24) is 9.55 Å². The molecule has 3 heteroatoms. The summed E-state index contributed by atoms with van der Waals surface area (Å²) >= 11 is 0. The molecule has 14 heavy (non-hydrogen) atoms. The zero-order valence-corrected chi connectivity index (χ0v) is 9.25. The minimum Gasteiger partial charge on any atom is -0.356 e. The van der Waals surface area contributed by atoms with Crippen molar-refractivity contribution in [3.63, 3.8) is 0 Å². The zero-order chi connectivity index (χ0) is 10.1. The highest BCUT2D eigenvalue weighted by atomic mass is 15.2. The van der Waals surface area contributed by atoms with E-state index in [0.29, 0.717) is 6.04 Å². The number of hydrogen-bond donors (Lipinski definition) is 1. The second-order valence-corrected chi connectivity index (χ2v) is 4.32. The lowest BCUT2D eigenvalue weighted by Crippen LogP contribution is -2.07. The molecule has 0 saturated heterocycles. The molecule has 1 saturated carbocycles. The smallest absolute Gasteiger partial charge is 0.203 e. The monoisotopic (exact) mass is 193 g/mol. The van der Waals surface area contributed by atoms with Gasteiger partial charge in [-0.15, -0.1) is 0 Å². The van der Waals surface area contributed by atoms with Gasteiger partial charge in [0.15, 0.2) is 0 Å². The quantitative estimate of drug-likeness (QED) is 0.796. The molecule has 1 N–H and O–H groups in total. The molecule has 0 amide bonds. The number of rotatable bonds is 4. The molecule has 2 unspecified atom stereocenters. The maximum Gasteiger partial charge on any atom is 0.203 e. The molecular formula is C11H19N3. The van der Waals surface area contributed by atoms with Gasteiger partial charge in [0.2, 0.25) is 5.95 Å². The molecule has 0 bridgehead atoms. The highest BCUT2D eigenvalue weighted by Gasteiger charge is 2.35. The van der Waals surface area contributed by atoms with Crippen LogP contribution in [0.1, 0.15) is 38.4 Å². The Morgan fingerprint density at radius 2 is 2.36 bits per heavy atom. The van der Waals surface area contributed by atoms with Crippen LogP contribution in [0.25, 0.3) is 0 Å². The van der Waals surface area contributed by atoms with Crippen molar-refractivity contribution in [3.05, 3.63) is 11.9 Å². The van der Waals surface area contributed by atoms with Gasteiger partial charge in [0.05, 0.1) is 5.69 Å². The fourth-order valence-corrected chi connectivity index (χ4v) is 1.83. The minimum atomic E-state index is 0.690. The number of anilines is 1. The summed E-state index contributed by atoms with van der Waals surface area (Å²) in [4.78, 5) is 4.50. The lowest BCUT2D eigenvalue weighted by atomic mass is 10.4. The van der Waals surface area contributed by atoms with Gasteiger partial charge in [-0.05, 0) is 25.7 Å². The number of aromatic nitrogens is 2. The van der Waals surface area contributed by atoms with Crippen LogP contribution in [0.4, 0.5) is 5.95 Å². The SMILES string of the molecule is CCCNc1nc(C)cn1C1CC1C. The van der Waals surface area contributed by atoms with E-state index in [4.69, 9.17) is 0 Å². The molecule has 3 nitrogen and oxygen atoms in total. The molecule has 1 heterocycles. The van der Waals surface area contributed by atoms with Crippen molar-refractivity contribution < 1.29 is 0 Å². The Balaban J connectivity index is 2.12. The Morgan fingerprint density at radius 3 is 2.93 bits per heavy atom. The first-order chi connectivity index (χ1) is 6.72. The highest BCUT2D eigenvalue weighted by molar-refractivity contribution is 5.30. The lowest BCUT2D eigenvalue weighted by Gasteiger charge is -2.07. The van der Waals surface area contributed by atoms with E-state index >= 15 is 0 Å². The van der Waals surface area contributed by atoms with E-state index in [-0.39, 0.29) is 0 Å². The van der Waals surface area contributed by atoms with Crippen LogP contribution in [0.2, 0.25) is 0 Å². The van der Waals surface area contributed by atoms with Gasteiger partial charge in [-0.1, -0.05) is 13.8 Å². The molecule has 2 atom stereocenters. The van der Waals surface area contributed by atoms with Crippen LogP contribution in [-0.2, 0) is 0 Å². The summed E-state index contributed by atoms with van der Waals surface area (Å²) < 4.78 is 2.30. The van der Waals surface area contributed by atoms with E-state index in [0.717, 1.165) is 30.5 Å². The number of hydrogen-bond acceptors (Lipinski definition) is 2. The van der Waals surface area contributed by atoms with Crippen molar-refractivity contribution in [2.24, 2.45) is 5.92 Å². The summed E-state index contributed by atoms with van der Waals surface area (Å²) in [6.45, 7) is 7.54. The summed E-state index contributed by atoms with van der Waals surface area (Å²) in [5.74, 6) is 1.88. The first kappa shape index (κ1) is 9.56. The number of aryl methyl sites for hydroxylation is 1. The standard InChI is InChI=1S/C11H19N3/c1-4-5-12-11-13-9(3)7-14(11)10-6-8(10)2/h7-8,10H,4-6H2,1-3H3,(H,12,13). The first-order valence-corrected chi connectivity index (χ1v) is 5.51. The van der Waals surface area contributed by atoms with E-state index in [9.17, 15) is 0 Å². The fourth-order valence-electron chi connectivity index (χ4n) is 1.83. The first-order valence-electron chi connectivity index (χ1n) is 5.51. The largest absolute Gasteiger partial charge is 0.356 e. The molecule has 0 radical (unpaired) electrons. The molecule has 1 aliphatic rings. The minimum absolute atomic E-state index is 0.690. The third-order valence-electron chi connectivity index (χ3n) is 2.81. The molecule has 1 aliphatic carbocycles. The molecular weight excluding hydrogens is 174 g/mol. The topological polar surface area (TPSA) is 29.9 Å². The van der Waals surface area contributed by atoms with Crippen LogP contribution >= 0.6 is 0 Å². The predicted molar refractivity (Wildman–Crippen MR) is 58.6 cm³/mol. The summed E-state index contributed by atoms with van der Waals surface area (Å²) in [6.07, 6.45) is 4.61. The van der Waals surface area contributed by atoms with Crippen LogP contribution < -0.4 is 5.32 Å². The summed E-state index contributed by atoms with van der Waals surface area (Å²) in [5.41, 5.74) is 1.11. The van der Waals surface area contributed by atoms with Gasteiger partial charge in [0.1, 0.15) is 0 Å². The van der Waals surface area contributed by atoms with Crippen LogP contribution in [0.15, 0.2) is 6.20 Å². The molecule has 2 rings (SSSR count). The van der Waals surface area contributed by atoms with E-state index in [1.165, 1.54) is 6.42 Å².